The fraction of sp³-hybridized carbons (Fsp3) is 0.500. The Balaban J connectivity index is 2.04. The lowest BCUT2D eigenvalue weighted by Gasteiger charge is -2.40. The predicted octanol–water partition coefficient (Wildman–Crippen LogP) is 2.62. The summed E-state index contributed by atoms with van der Waals surface area (Å²) in [6, 6.07) is 3.56. The van der Waals surface area contributed by atoms with Crippen LogP contribution in [0.25, 0.3) is 0 Å². The van der Waals surface area contributed by atoms with Crippen molar-refractivity contribution in [1.82, 2.24) is 4.98 Å². The summed E-state index contributed by atoms with van der Waals surface area (Å²) < 4.78 is 15.8. The van der Waals surface area contributed by atoms with E-state index in [-0.39, 0.29) is 30.3 Å². The van der Waals surface area contributed by atoms with E-state index in [1.807, 2.05) is 19.9 Å². The van der Waals surface area contributed by atoms with E-state index >= 15 is 0 Å². The molecule has 2 aliphatic rings. The molecular formula is C20H24N2O5. The molecule has 0 aromatic carbocycles. The quantitative estimate of drug-likeness (QED) is 0.630. The van der Waals surface area contributed by atoms with Gasteiger partial charge < -0.3 is 14.2 Å². The van der Waals surface area contributed by atoms with Gasteiger partial charge in [-0.3, -0.25) is 20.0 Å². The molecule has 27 heavy (non-hydrogen) atoms. The van der Waals surface area contributed by atoms with E-state index in [9.17, 15) is 9.59 Å². The second-order valence-corrected chi connectivity index (χ2v) is 7.65. The number of rotatable bonds is 5. The van der Waals surface area contributed by atoms with E-state index in [0.29, 0.717) is 29.7 Å². The maximum atomic E-state index is 13.0. The van der Waals surface area contributed by atoms with Gasteiger partial charge in [-0.05, 0) is 17.0 Å². The Kier molecular flexibility index (Phi) is 5.41. The first-order valence-electron chi connectivity index (χ1n) is 8.92. The molecule has 1 N–H and O–H groups in total. The topological polar surface area (TPSA) is 98.6 Å². The zero-order valence-corrected chi connectivity index (χ0v) is 15.8. The lowest BCUT2D eigenvalue weighted by molar-refractivity contribution is -0.148. The van der Waals surface area contributed by atoms with Crippen molar-refractivity contribution in [2.45, 2.75) is 32.6 Å². The summed E-state index contributed by atoms with van der Waals surface area (Å²) in [6.45, 7) is 4.31. The SMILES string of the molecule is COCCOC(=O)C1C(=N)OC2=C(C(=O)CC(C)(C)C2)C1c1cccnc1. The summed E-state index contributed by atoms with van der Waals surface area (Å²) in [6.07, 6.45) is 4.15. The van der Waals surface area contributed by atoms with Crippen molar-refractivity contribution in [1.29, 1.82) is 5.41 Å². The molecule has 7 nitrogen and oxygen atoms in total. The van der Waals surface area contributed by atoms with Gasteiger partial charge >= 0.3 is 5.97 Å². The summed E-state index contributed by atoms with van der Waals surface area (Å²) in [5.74, 6) is -2.03. The molecule has 0 fully saturated rings. The van der Waals surface area contributed by atoms with E-state index in [1.165, 1.54) is 7.11 Å². The van der Waals surface area contributed by atoms with Gasteiger partial charge in [0.15, 0.2) is 5.78 Å². The second-order valence-electron chi connectivity index (χ2n) is 7.65. The van der Waals surface area contributed by atoms with Crippen LogP contribution >= 0.6 is 0 Å². The normalized spacial score (nSPS) is 24.3. The highest BCUT2D eigenvalue weighted by atomic mass is 16.6. The van der Waals surface area contributed by atoms with Crippen LogP contribution in [-0.2, 0) is 23.8 Å². The summed E-state index contributed by atoms with van der Waals surface area (Å²) in [7, 11) is 1.51. The molecule has 2 unspecified atom stereocenters. The Bertz CT molecular complexity index is 785. The van der Waals surface area contributed by atoms with E-state index < -0.39 is 17.8 Å². The molecule has 0 saturated carbocycles. The van der Waals surface area contributed by atoms with Gasteiger partial charge in [0.25, 0.3) is 0 Å². The summed E-state index contributed by atoms with van der Waals surface area (Å²) in [5.41, 5.74) is 0.911. The fourth-order valence-corrected chi connectivity index (χ4v) is 3.71. The first kappa shape index (κ1) is 19.2. The summed E-state index contributed by atoms with van der Waals surface area (Å²) in [4.78, 5) is 29.8. The molecule has 1 aromatic rings. The van der Waals surface area contributed by atoms with Crippen molar-refractivity contribution >= 4 is 17.7 Å². The standard InChI is InChI=1S/C20H24N2O5/c1-20(2)9-13(23)16-14(10-20)27-18(21)17(19(24)26-8-7-25-3)15(16)12-5-4-6-22-11-12/h4-6,11,15,17,21H,7-10H2,1-3H3. The largest absolute Gasteiger partial charge is 0.463 e. The van der Waals surface area contributed by atoms with Gasteiger partial charge in [-0.1, -0.05) is 19.9 Å². The van der Waals surface area contributed by atoms with Crippen LogP contribution in [0.4, 0.5) is 0 Å². The first-order chi connectivity index (χ1) is 12.8. The number of ether oxygens (including phenoxy) is 3. The molecule has 0 bridgehead atoms. The van der Waals surface area contributed by atoms with Crippen molar-refractivity contribution in [2.75, 3.05) is 20.3 Å². The molecule has 0 amide bonds. The van der Waals surface area contributed by atoms with Gasteiger partial charge in [0, 0.05) is 43.8 Å². The lowest BCUT2D eigenvalue weighted by Crippen LogP contribution is -2.42. The molecule has 0 saturated heterocycles. The van der Waals surface area contributed by atoms with E-state index in [2.05, 4.69) is 4.98 Å². The smallest absolute Gasteiger partial charge is 0.319 e. The Morgan fingerprint density at radius 2 is 2.15 bits per heavy atom. The van der Waals surface area contributed by atoms with Crippen LogP contribution in [0.3, 0.4) is 0 Å². The van der Waals surface area contributed by atoms with Gasteiger partial charge in [-0.2, -0.15) is 0 Å². The number of hydrogen-bond donors (Lipinski definition) is 1. The van der Waals surface area contributed by atoms with Crippen LogP contribution in [0.15, 0.2) is 35.9 Å². The highest BCUT2D eigenvalue weighted by Crippen LogP contribution is 2.48. The molecule has 1 aliphatic carbocycles. The van der Waals surface area contributed by atoms with Crippen LogP contribution < -0.4 is 0 Å². The number of carbonyl (C=O) groups is 2. The number of methoxy groups -OCH3 is 1. The molecule has 0 spiro atoms. The zero-order valence-electron chi connectivity index (χ0n) is 15.8. The van der Waals surface area contributed by atoms with Crippen molar-refractivity contribution in [3.63, 3.8) is 0 Å². The summed E-state index contributed by atoms with van der Waals surface area (Å²) in [5, 5.41) is 8.33. The van der Waals surface area contributed by atoms with E-state index in [1.54, 1.807) is 18.5 Å². The number of carbonyl (C=O) groups excluding carboxylic acids is 2. The van der Waals surface area contributed by atoms with Gasteiger partial charge in [0.2, 0.25) is 5.90 Å². The Labute approximate surface area is 158 Å². The van der Waals surface area contributed by atoms with Crippen molar-refractivity contribution < 1.29 is 23.8 Å². The van der Waals surface area contributed by atoms with E-state index in [4.69, 9.17) is 19.6 Å². The molecule has 1 aliphatic heterocycles. The third kappa shape index (κ3) is 3.93. The van der Waals surface area contributed by atoms with Crippen molar-refractivity contribution in [2.24, 2.45) is 11.3 Å². The number of allylic oxidation sites excluding steroid dienone is 2. The molecule has 2 atom stereocenters. The lowest BCUT2D eigenvalue weighted by atomic mass is 9.68. The number of ketones is 1. The van der Waals surface area contributed by atoms with Crippen molar-refractivity contribution in [3.8, 4) is 0 Å². The molecular weight excluding hydrogens is 348 g/mol. The monoisotopic (exact) mass is 372 g/mol. The number of hydrogen-bond acceptors (Lipinski definition) is 7. The molecule has 0 radical (unpaired) electrons. The predicted molar refractivity (Wildman–Crippen MR) is 97.2 cm³/mol. The molecule has 1 aromatic heterocycles. The second kappa shape index (κ2) is 7.60. The fourth-order valence-electron chi connectivity index (χ4n) is 3.71. The minimum atomic E-state index is -1.02. The average molecular weight is 372 g/mol. The van der Waals surface area contributed by atoms with Gasteiger partial charge in [0.1, 0.15) is 18.3 Å². The van der Waals surface area contributed by atoms with Crippen LogP contribution in [0, 0.1) is 16.7 Å². The van der Waals surface area contributed by atoms with Gasteiger partial charge in [-0.25, -0.2) is 0 Å². The number of nitrogens with one attached hydrogen (secondary N) is 1. The summed E-state index contributed by atoms with van der Waals surface area (Å²) >= 11 is 0. The highest BCUT2D eigenvalue weighted by molar-refractivity contribution is 6.06. The van der Waals surface area contributed by atoms with Gasteiger partial charge in [-0.15, -0.1) is 0 Å². The Morgan fingerprint density at radius 3 is 2.81 bits per heavy atom. The van der Waals surface area contributed by atoms with Crippen LogP contribution in [0.5, 0.6) is 0 Å². The maximum absolute atomic E-state index is 13.0. The first-order valence-corrected chi connectivity index (χ1v) is 8.92. The molecule has 144 valence electrons. The third-order valence-corrected chi connectivity index (χ3v) is 4.87. The van der Waals surface area contributed by atoms with Gasteiger partial charge in [0.05, 0.1) is 6.61 Å². The Morgan fingerprint density at radius 1 is 1.37 bits per heavy atom. The third-order valence-electron chi connectivity index (χ3n) is 4.87. The molecule has 7 heteroatoms. The highest BCUT2D eigenvalue weighted by Gasteiger charge is 2.49. The van der Waals surface area contributed by atoms with E-state index in [0.717, 1.165) is 0 Å². The van der Waals surface area contributed by atoms with Crippen molar-refractivity contribution in [3.05, 3.63) is 41.4 Å². The van der Waals surface area contributed by atoms with Crippen LogP contribution in [-0.4, -0.2) is 43.0 Å². The molecule has 2 heterocycles. The van der Waals surface area contributed by atoms with Crippen LogP contribution in [0.1, 0.15) is 38.2 Å². The molecule has 3 rings (SSSR count). The Hall–Kier alpha value is -2.54. The van der Waals surface area contributed by atoms with Crippen LogP contribution in [0.2, 0.25) is 0 Å². The maximum Gasteiger partial charge on any atom is 0.319 e. The number of Topliss-reactive ketones (excluding diaryl/α,β-unsaturated/α-hetero) is 1. The number of nitrogens with zero attached hydrogens (tertiary/aromatic N) is 1. The zero-order chi connectivity index (χ0) is 19.6. The number of pyridine rings is 1. The minimum Gasteiger partial charge on any atom is -0.463 e. The number of aromatic nitrogens is 1. The number of esters is 1. The average Bonchev–Trinajstić information content (AvgIpc) is 2.60. The minimum absolute atomic E-state index is 0.0581.